The molecule has 0 unspecified atom stereocenters. The average molecular weight is 277 g/mol. The first kappa shape index (κ1) is 12.8. The molecule has 0 bridgehead atoms. The monoisotopic (exact) mass is 276 g/mol. The van der Waals surface area contributed by atoms with E-state index in [1.165, 1.54) is 12.5 Å². The summed E-state index contributed by atoms with van der Waals surface area (Å²) in [5.74, 6) is 0.0658. The fourth-order valence-corrected chi connectivity index (χ4v) is 1.55. The highest BCUT2D eigenvalue weighted by atomic mass is 35.5. The second-order valence-corrected chi connectivity index (χ2v) is 3.93. The van der Waals surface area contributed by atoms with E-state index in [1.807, 2.05) is 0 Å². The number of nitrogens with one attached hydrogen (secondary N) is 1. The van der Waals surface area contributed by atoms with E-state index in [1.54, 1.807) is 6.07 Å². The molecule has 2 rings (SSSR count). The Morgan fingerprint density at radius 3 is 2.72 bits per heavy atom. The highest BCUT2D eigenvalue weighted by molar-refractivity contribution is 6.29. The number of alkyl halides is 3. The van der Waals surface area contributed by atoms with Crippen LogP contribution in [0.3, 0.4) is 0 Å². The Kier molecular flexibility index (Phi) is 3.47. The molecule has 3 nitrogen and oxygen atoms in total. The number of aromatic nitrogens is 1. The molecule has 7 heteroatoms. The third-order valence-corrected chi connectivity index (χ3v) is 2.37. The lowest BCUT2D eigenvalue weighted by Crippen LogP contribution is -2.08. The van der Waals surface area contributed by atoms with Crippen molar-refractivity contribution in [1.82, 2.24) is 4.98 Å². The zero-order valence-electron chi connectivity index (χ0n) is 8.96. The maximum Gasteiger partial charge on any atom is 0.416 e. The van der Waals surface area contributed by atoms with Crippen molar-refractivity contribution in [2.75, 3.05) is 5.32 Å². The number of halogens is 4. The van der Waals surface area contributed by atoms with Crippen LogP contribution in [0.15, 0.2) is 35.1 Å². The van der Waals surface area contributed by atoms with E-state index in [0.717, 1.165) is 17.7 Å². The molecule has 96 valence electrons. The van der Waals surface area contributed by atoms with Gasteiger partial charge in [0.2, 0.25) is 0 Å². The van der Waals surface area contributed by atoms with Gasteiger partial charge in [0.05, 0.1) is 18.1 Å². The van der Waals surface area contributed by atoms with E-state index in [9.17, 15) is 13.2 Å². The lowest BCUT2D eigenvalue weighted by atomic mass is 10.2. The molecule has 0 atom stereocenters. The van der Waals surface area contributed by atoms with Crippen LogP contribution in [0.5, 0.6) is 0 Å². The van der Waals surface area contributed by atoms with Gasteiger partial charge in [-0.1, -0.05) is 11.6 Å². The number of nitrogens with zero attached hydrogens (tertiary/aromatic N) is 1. The molecular weight excluding hydrogens is 269 g/mol. The lowest BCUT2D eigenvalue weighted by Gasteiger charge is -2.10. The van der Waals surface area contributed by atoms with Crippen molar-refractivity contribution in [3.05, 3.63) is 47.0 Å². The smallest absolute Gasteiger partial charge is 0.416 e. The van der Waals surface area contributed by atoms with Crippen LogP contribution < -0.4 is 5.32 Å². The van der Waals surface area contributed by atoms with Crippen LogP contribution in [-0.4, -0.2) is 4.98 Å². The van der Waals surface area contributed by atoms with Gasteiger partial charge in [-0.25, -0.2) is 4.98 Å². The van der Waals surface area contributed by atoms with Gasteiger partial charge in [0.1, 0.15) is 11.0 Å². The van der Waals surface area contributed by atoms with Crippen LogP contribution in [0.1, 0.15) is 11.1 Å². The van der Waals surface area contributed by atoms with Gasteiger partial charge in [0, 0.05) is 12.1 Å². The van der Waals surface area contributed by atoms with Crippen molar-refractivity contribution >= 4 is 17.4 Å². The molecule has 0 fully saturated rings. The second kappa shape index (κ2) is 4.89. The van der Waals surface area contributed by atoms with Crippen LogP contribution in [-0.2, 0) is 12.7 Å². The Labute approximate surface area is 106 Å². The van der Waals surface area contributed by atoms with Crippen LogP contribution in [0, 0.1) is 0 Å². The summed E-state index contributed by atoms with van der Waals surface area (Å²) in [6.07, 6.45) is -1.48. The maximum atomic E-state index is 12.5. The summed E-state index contributed by atoms with van der Waals surface area (Å²) >= 11 is 5.55. The zero-order valence-corrected chi connectivity index (χ0v) is 9.72. The first-order valence-corrected chi connectivity index (χ1v) is 5.33. The fraction of sp³-hybridized carbons (Fsp3) is 0.182. The van der Waals surface area contributed by atoms with Gasteiger partial charge in [-0.3, -0.25) is 0 Å². The third-order valence-electron chi connectivity index (χ3n) is 2.18. The molecule has 0 aliphatic heterocycles. The Hall–Kier alpha value is -1.69. The molecule has 0 aliphatic rings. The molecule has 0 spiro atoms. The Balaban J connectivity index is 2.15. The fourth-order valence-electron chi connectivity index (χ4n) is 1.34. The van der Waals surface area contributed by atoms with E-state index in [0.29, 0.717) is 6.54 Å². The predicted octanol–water partition coefficient (Wildman–Crippen LogP) is 3.96. The number of furan rings is 1. The zero-order chi connectivity index (χ0) is 13.2. The highest BCUT2D eigenvalue weighted by Gasteiger charge is 2.31. The van der Waals surface area contributed by atoms with Gasteiger partial charge < -0.3 is 9.73 Å². The van der Waals surface area contributed by atoms with Gasteiger partial charge >= 0.3 is 6.18 Å². The molecule has 0 saturated carbocycles. The van der Waals surface area contributed by atoms with E-state index < -0.39 is 11.7 Å². The first-order valence-electron chi connectivity index (χ1n) is 4.95. The minimum atomic E-state index is -4.45. The molecule has 0 saturated heterocycles. The average Bonchev–Trinajstić information content (AvgIpc) is 2.77. The summed E-state index contributed by atoms with van der Waals surface area (Å²) in [7, 11) is 0. The highest BCUT2D eigenvalue weighted by Crippen LogP contribution is 2.31. The molecule has 0 amide bonds. The summed E-state index contributed by atoms with van der Waals surface area (Å²) < 4.78 is 42.4. The number of anilines is 1. The maximum absolute atomic E-state index is 12.5. The SMILES string of the molecule is FC(F)(F)c1cc(Cl)nc(NCc2ccoc2)c1. The molecular formula is C11H8ClF3N2O. The second-order valence-electron chi connectivity index (χ2n) is 3.55. The van der Waals surface area contributed by atoms with Gasteiger partial charge in [-0.05, 0) is 18.2 Å². The minimum Gasteiger partial charge on any atom is -0.472 e. The van der Waals surface area contributed by atoms with Gasteiger partial charge in [-0.15, -0.1) is 0 Å². The van der Waals surface area contributed by atoms with Gasteiger partial charge in [-0.2, -0.15) is 13.2 Å². The topological polar surface area (TPSA) is 38.1 Å². The van der Waals surface area contributed by atoms with Crippen molar-refractivity contribution in [3.63, 3.8) is 0 Å². The molecule has 2 aromatic heterocycles. The molecule has 2 heterocycles. The van der Waals surface area contributed by atoms with E-state index in [-0.39, 0.29) is 11.0 Å². The molecule has 18 heavy (non-hydrogen) atoms. The van der Waals surface area contributed by atoms with Crippen molar-refractivity contribution in [1.29, 1.82) is 0 Å². The van der Waals surface area contributed by atoms with Crippen LogP contribution >= 0.6 is 11.6 Å². The number of hydrogen-bond donors (Lipinski definition) is 1. The Morgan fingerprint density at radius 2 is 2.11 bits per heavy atom. The van der Waals surface area contributed by atoms with E-state index in [4.69, 9.17) is 16.0 Å². The van der Waals surface area contributed by atoms with Crippen molar-refractivity contribution in [2.24, 2.45) is 0 Å². The minimum absolute atomic E-state index is 0.0658. The Bertz CT molecular complexity index is 526. The predicted molar refractivity (Wildman–Crippen MR) is 60.3 cm³/mol. The van der Waals surface area contributed by atoms with Crippen LogP contribution in [0.25, 0.3) is 0 Å². The molecule has 0 radical (unpaired) electrons. The van der Waals surface area contributed by atoms with E-state index in [2.05, 4.69) is 10.3 Å². The number of hydrogen-bond acceptors (Lipinski definition) is 3. The molecule has 0 aliphatic carbocycles. The third kappa shape index (κ3) is 3.16. The van der Waals surface area contributed by atoms with Gasteiger partial charge in [0.25, 0.3) is 0 Å². The summed E-state index contributed by atoms with van der Waals surface area (Å²) in [4.78, 5) is 3.77. The summed E-state index contributed by atoms with van der Waals surface area (Å²) in [5.41, 5.74) is -0.0393. The lowest BCUT2D eigenvalue weighted by molar-refractivity contribution is -0.137. The van der Waals surface area contributed by atoms with Crippen molar-refractivity contribution in [3.8, 4) is 0 Å². The molecule has 2 aromatic rings. The summed E-state index contributed by atoms with van der Waals surface area (Å²) in [5, 5.41) is 2.54. The standard InChI is InChI=1S/C11H8ClF3N2O/c12-9-3-8(11(13,14)15)4-10(17-9)16-5-7-1-2-18-6-7/h1-4,6H,5H2,(H,16,17). The van der Waals surface area contributed by atoms with Crippen molar-refractivity contribution < 1.29 is 17.6 Å². The quantitative estimate of drug-likeness (QED) is 0.862. The largest absolute Gasteiger partial charge is 0.472 e. The van der Waals surface area contributed by atoms with Crippen molar-refractivity contribution in [2.45, 2.75) is 12.7 Å². The van der Waals surface area contributed by atoms with Crippen LogP contribution in [0.4, 0.5) is 19.0 Å². The molecule has 1 N–H and O–H groups in total. The van der Waals surface area contributed by atoms with E-state index >= 15 is 0 Å². The number of pyridine rings is 1. The van der Waals surface area contributed by atoms with Gasteiger partial charge in [0.15, 0.2) is 0 Å². The number of rotatable bonds is 3. The Morgan fingerprint density at radius 1 is 1.33 bits per heavy atom. The van der Waals surface area contributed by atoms with Crippen LogP contribution in [0.2, 0.25) is 5.15 Å². The first-order chi connectivity index (χ1) is 8.45. The normalized spacial score (nSPS) is 11.6. The summed E-state index contributed by atoms with van der Waals surface area (Å²) in [6.45, 7) is 0.307. The summed E-state index contributed by atoms with van der Waals surface area (Å²) in [6, 6.07) is 3.39. The molecule has 0 aromatic carbocycles.